The monoisotopic (exact) mass is 422 g/mol. The summed E-state index contributed by atoms with van der Waals surface area (Å²) in [6.07, 6.45) is 0.958. The Labute approximate surface area is 179 Å². The Bertz CT molecular complexity index is 1170. The molecule has 1 aliphatic heterocycles. The fraction of sp³-hybridized carbons (Fsp3) is 0.167. The van der Waals surface area contributed by atoms with E-state index in [0.717, 1.165) is 41.1 Å². The molecule has 0 fully saturated rings. The lowest BCUT2D eigenvalue weighted by molar-refractivity contribution is 0.306. The van der Waals surface area contributed by atoms with Crippen molar-refractivity contribution in [3.05, 3.63) is 99.2 Å². The number of halogens is 2. The van der Waals surface area contributed by atoms with Crippen LogP contribution < -0.4 is 10.1 Å². The third kappa shape index (κ3) is 3.62. The number of aromatic nitrogens is 1. The van der Waals surface area contributed by atoms with Gasteiger partial charge in [0.1, 0.15) is 12.4 Å². The molecule has 0 amide bonds. The van der Waals surface area contributed by atoms with Gasteiger partial charge in [-0.3, -0.25) is 0 Å². The molecule has 1 atom stereocenters. The molecule has 29 heavy (non-hydrogen) atoms. The molecule has 0 saturated heterocycles. The van der Waals surface area contributed by atoms with E-state index in [-0.39, 0.29) is 6.04 Å². The summed E-state index contributed by atoms with van der Waals surface area (Å²) < 4.78 is 6.04. The van der Waals surface area contributed by atoms with Crippen molar-refractivity contribution in [2.45, 2.75) is 19.1 Å². The van der Waals surface area contributed by atoms with Crippen molar-refractivity contribution in [1.82, 2.24) is 10.3 Å². The van der Waals surface area contributed by atoms with Crippen molar-refractivity contribution < 1.29 is 4.74 Å². The summed E-state index contributed by atoms with van der Waals surface area (Å²) in [6, 6.07) is 22.2. The first-order valence-corrected chi connectivity index (χ1v) is 10.4. The molecule has 2 N–H and O–H groups in total. The second-order valence-corrected chi connectivity index (χ2v) is 8.15. The maximum atomic E-state index is 6.49. The summed E-state index contributed by atoms with van der Waals surface area (Å²) in [6.45, 7) is 1.45. The minimum Gasteiger partial charge on any atom is -0.489 e. The molecule has 3 nitrogen and oxygen atoms in total. The summed E-state index contributed by atoms with van der Waals surface area (Å²) in [5, 5.41) is 6.11. The molecule has 0 bridgehead atoms. The number of nitrogens with one attached hydrogen (secondary N) is 2. The molecule has 4 aromatic rings. The van der Waals surface area contributed by atoms with Gasteiger partial charge in [-0.2, -0.15) is 0 Å². The average Bonchev–Trinajstić information content (AvgIpc) is 3.11. The zero-order chi connectivity index (χ0) is 19.8. The molecule has 3 aromatic carbocycles. The van der Waals surface area contributed by atoms with Crippen LogP contribution in [0.5, 0.6) is 5.75 Å². The van der Waals surface area contributed by atoms with Crippen LogP contribution in [-0.2, 0) is 13.0 Å². The molecule has 146 valence electrons. The Hall–Kier alpha value is -2.46. The minimum atomic E-state index is 0.0182. The second kappa shape index (κ2) is 7.75. The first kappa shape index (κ1) is 18.6. The largest absolute Gasteiger partial charge is 0.489 e. The van der Waals surface area contributed by atoms with E-state index in [1.807, 2.05) is 36.4 Å². The number of ether oxygens (including phenoxy) is 1. The molecule has 1 unspecified atom stereocenters. The van der Waals surface area contributed by atoms with Crippen LogP contribution >= 0.6 is 23.2 Å². The van der Waals surface area contributed by atoms with Crippen LogP contribution in [0.25, 0.3) is 10.9 Å². The van der Waals surface area contributed by atoms with E-state index in [4.69, 9.17) is 27.9 Å². The SMILES string of the molecule is Clc1ccc(C2NCCc3c2[nH]c2ccc(OCc4ccccc4)cc32)c(Cl)c1. The van der Waals surface area contributed by atoms with E-state index in [1.165, 1.54) is 10.9 Å². The van der Waals surface area contributed by atoms with Gasteiger partial charge in [0.15, 0.2) is 0 Å². The lowest BCUT2D eigenvalue weighted by Crippen LogP contribution is -2.30. The highest BCUT2D eigenvalue weighted by atomic mass is 35.5. The predicted octanol–water partition coefficient (Wildman–Crippen LogP) is 6.29. The summed E-state index contributed by atoms with van der Waals surface area (Å²) in [7, 11) is 0. The number of aromatic amines is 1. The van der Waals surface area contributed by atoms with Crippen molar-refractivity contribution >= 4 is 34.1 Å². The van der Waals surface area contributed by atoms with Crippen LogP contribution in [0.1, 0.15) is 28.4 Å². The Balaban J connectivity index is 1.49. The molecule has 0 radical (unpaired) electrons. The fourth-order valence-electron chi connectivity index (χ4n) is 4.04. The number of hydrogen-bond donors (Lipinski definition) is 2. The Morgan fingerprint density at radius 1 is 0.966 bits per heavy atom. The number of rotatable bonds is 4. The number of fused-ring (bicyclic) bond motifs is 3. The molecule has 5 rings (SSSR count). The molecule has 1 aliphatic rings. The highest BCUT2D eigenvalue weighted by Gasteiger charge is 2.26. The quantitative estimate of drug-likeness (QED) is 0.405. The van der Waals surface area contributed by atoms with Crippen LogP contribution in [0, 0.1) is 0 Å². The molecule has 1 aromatic heterocycles. The molecule has 2 heterocycles. The highest BCUT2D eigenvalue weighted by Crippen LogP contribution is 2.37. The molecular weight excluding hydrogens is 403 g/mol. The van der Waals surface area contributed by atoms with Gasteiger partial charge in [0.05, 0.1) is 6.04 Å². The first-order valence-electron chi connectivity index (χ1n) is 9.68. The minimum absolute atomic E-state index is 0.0182. The van der Waals surface area contributed by atoms with Crippen LogP contribution in [-0.4, -0.2) is 11.5 Å². The topological polar surface area (TPSA) is 37.0 Å². The molecule has 0 aliphatic carbocycles. The highest BCUT2D eigenvalue weighted by molar-refractivity contribution is 6.35. The Morgan fingerprint density at radius 3 is 2.66 bits per heavy atom. The van der Waals surface area contributed by atoms with E-state index in [1.54, 1.807) is 6.07 Å². The normalized spacial score (nSPS) is 16.0. The maximum Gasteiger partial charge on any atom is 0.120 e. The van der Waals surface area contributed by atoms with Gasteiger partial charge in [0, 0.05) is 33.2 Å². The predicted molar refractivity (Wildman–Crippen MR) is 119 cm³/mol. The van der Waals surface area contributed by atoms with Crippen LogP contribution in [0.4, 0.5) is 0 Å². The van der Waals surface area contributed by atoms with Crippen molar-refractivity contribution in [3.63, 3.8) is 0 Å². The van der Waals surface area contributed by atoms with Gasteiger partial charge in [-0.25, -0.2) is 0 Å². The van der Waals surface area contributed by atoms with Gasteiger partial charge in [-0.1, -0.05) is 59.6 Å². The summed E-state index contributed by atoms with van der Waals surface area (Å²) in [4.78, 5) is 3.60. The second-order valence-electron chi connectivity index (χ2n) is 7.30. The summed E-state index contributed by atoms with van der Waals surface area (Å²) in [5.41, 5.74) is 5.78. The van der Waals surface area contributed by atoms with Crippen molar-refractivity contribution in [2.24, 2.45) is 0 Å². The van der Waals surface area contributed by atoms with Gasteiger partial charge in [0.2, 0.25) is 0 Å². The third-order valence-electron chi connectivity index (χ3n) is 5.44. The molecule has 5 heteroatoms. The van der Waals surface area contributed by atoms with Crippen molar-refractivity contribution in [2.75, 3.05) is 6.54 Å². The standard InChI is InChI=1S/C24H20Cl2N2O/c25-16-6-8-19(21(26)12-16)23-24-18(10-11-27-23)20-13-17(7-9-22(20)28-24)29-14-15-4-2-1-3-5-15/h1-9,12-13,23,27-28H,10-11,14H2. The average molecular weight is 423 g/mol. The molecule has 0 spiro atoms. The lowest BCUT2D eigenvalue weighted by atomic mass is 9.94. The van der Waals surface area contributed by atoms with Crippen LogP contribution in [0.2, 0.25) is 10.0 Å². The molecular formula is C24H20Cl2N2O. The number of benzene rings is 3. The van der Waals surface area contributed by atoms with E-state index >= 15 is 0 Å². The number of hydrogen-bond acceptors (Lipinski definition) is 2. The maximum absolute atomic E-state index is 6.49. The number of H-pyrrole nitrogens is 1. The van der Waals surface area contributed by atoms with E-state index in [9.17, 15) is 0 Å². The zero-order valence-corrected chi connectivity index (χ0v) is 17.2. The zero-order valence-electron chi connectivity index (χ0n) is 15.7. The van der Waals surface area contributed by atoms with Gasteiger partial charge >= 0.3 is 0 Å². The van der Waals surface area contributed by atoms with Gasteiger partial charge in [-0.15, -0.1) is 0 Å². The van der Waals surface area contributed by atoms with Crippen molar-refractivity contribution in [3.8, 4) is 5.75 Å². The fourth-order valence-corrected chi connectivity index (χ4v) is 4.56. The third-order valence-corrected chi connectivity index (χ3v) is 6.01. The smallest absolute Gasteiger partial charge is 0.120 e. The van der Waals surface area contributed by atoms with E-state index in [0.29, 0.717) is 16.7 Å². The molecule has 0 saturated carbocycles. The van der Waals surface area contributed by atoms with E-state index in [2.05, 4.69) is 34.6 Å². The van der Waals surface area contributed by atoms with Crippen molar-refractivity contribution in [1.29, 1.82) is 0 Å². The van der Waals surface area contributed by atoms with Crippen LogP contribution in [0.15, 0.2) is 66.7 Å². The van der Waals surface area contributed by atoms with Gasteiger partial charge in [-0.05, 0) is 53.4 Å². The summed E-state index contributed by atoms with van der Waals surface area (Å²) in [5.74, 6) is 0.878. The van der Waals surface area contributed by atoms with Crippen LogP contribution in [0.3, 0.4) is 0 Å². The lowest BCUT2D eigenvalue weighted by Gasteiger charge is -2.25. The Kier molecular flexibility index (Phi) is 4.96. The summed E-state index contributed by atoms with van der Waals surface area (Å²) >= 11 is 12.6. The van der Waals surface area contributed by atoms with Gasteiger partial charge < -0.3 is 15.0 Å². The first-order chi connectivity index (χ1) is 14.2. The van der Waals surface area contributed by atoms with Gasteiger partial charge in [0.25, 0.3) is 0 Å². The van der Waals surface area contributed by atoms with E-state index < -0.39 is 0 Å². The Morgan fingerprint density at radius 2 is 1.83 bits per heavy atom.